The van der Waals surface area contributed by atoms with Crippen LogP contribution in [0.15, 0.2) is 22.4 Å². The Bertz CT molecular complexity index is 649. The van der Waals surface area contributed by atoms with Gasteiger partial charge in [0.2, 0.25) is 0 Å². The number of hydrogen-bond donors (Lipinski definition) is 4. The van der Waals surface area contributed by atoms with E-state index in [1.54, 1.807) is 11.9 Å². The van der Waals surface area contributed by atoms with E-state index in [2.05, 4.69) is 25.8 Å². The lowest BCUT2D eigenvalue weighted by Crippen LogP contribution is -2.45. The Morgan fingerprint density at radius 2 is 2.19 bits per heavy atom. The van der Waals surface area contributed by atoms with Gasteiger partial charge in [0, 0.05) is 37.5 Å². The highest BCUT2D eigenvalue weighted by Gasteiger charge is 2.20. The first-order valence-electron chi connectivity index (χ1n) is 8.11. The van der Waals surface area contributed by atoms with Crippen molar-refractivity contribution in [1.82, 2.24) is 15.3 Å². The molecule has 1 aliphatic heterocycles. The van der Waals surface area contributed by atoms with Crippen LogP contribution in [0, 0.1) is 0 Å². The fourth-order valence-corrected chi connectivity index (χ4v) is 2.27. The number of pyridine rings is 1. The predicted molar refractivity (Wildman–Crippen MR) is 94.4 cm³/mol. The molecule has 0 aliphatic carbocycles. The van der Waals surface area contributed by atoms with Gasteiger partial charge in [-0.05, 0) is 6.07 Å². The molecule has 1 aromatic rings. The average molecular weight is 371 g/mol. The highest BCUT2D eigenvalue weighted by atomic mass is 19.3. The van der Waals surface area contributed by atoms with Crippen LogP contribution in [-0.2, 0) is 4.74 Å². The molecule has 1 saturated heterocycles. The summed E-state index contributed by atoms with van der Waals surface area (Å²) in [6.45, 7) is 2.08. The Hall–Kier alpha value is -2.53. The summed E-state index contributed by atoms with van der Waals surface area (Å²) in [5.41, 5.74) is 8.38. The number of ether oxygens (including phenoxy) is 1. The van der Waals surface area contributed by atoms with Crippen molar-refractivity contribution in [3.8, 4) is 0 Å². The minimum absolute atomic E-state index is 0.0344. The Kier molecular flexibility index (Phi) is 7.48. The van der Waals surface area contributed by atoms with Crippen LogP contribution < -0.4 is 16.5 Å². The molecule has 0 amide bonds. The van der Waals surface area contributed by atoms with Gasteiger partial charge in [0.15, 0.2) is 11.8 Å². The van der Waals surface area contributed by atoms with Crippen LogP contribution in [0.2, 0.25) is 0 Å². The Labute approximate surface area is 149 Å². The molecule has 9 nitrogen and oxygen atoms in total. The first-order valence-corrected chi connectivity index (χ1v) is 8.11. The number of alkyl halides is 2. The van der Waals surface area contributed by atoms with Crippen molar-refractivity contribution in [3.63, 3.8) is 0 Å². The molecule has 2 rings (SSSR count). The second-order valence-electron chi connectivity index (χ2n) is 5.34. The van der Waals surface area contributed by atoms with Crippen LogP contribution in [-0.4, -0.2) is 73.3 Å². The number of amidine groups is 1. The van der Waals surface area contributed by atoms with Crippen molar-refractivity contribution < 1.29 is 18.6 Å². The maximum atomic E-state index is 13.5. The summed E-state index contributed by atoms with van der Waals surface area (Å²) in [5.74, 6) is 0.417. The molecule has 0 saturated carbocycles. The molecule has 1 fully saturated rings. The molecule has 0 radical (unpaired) electrons. The second-order valence-corrected chi connectivity index (χ2v) is 5.34. The number of aromatic nitrogens is 1. The van der Waals surface area contributed by atoms with Gasteiger partial charge in [0.05, 0.1) is 26.4 Å². The molecule has 26 heavy (non-hydrogen) atoms. The predicted octanol–water partition coefficient (Wildman–Crippen LogP) is -0.0487. The lowest BCUT2D eigenvalue weighted by molar-refractivity contribution is 0.0676. The Morgan fingerprint density at radius 1 is 1.46 bits per heavy atom. The standard InChI is InChI=1S/C15H23F2N7O2/c1-19-12-8-10(13(16)17)11(9-20-12)14(23-21-2-5-25)22-15(18)24-3-6-26-7-4-24/h8-9,13,21,25H,2-7H2,1H3,(H,19,20)(H2,18,22,23). The summed E-state index contributed by atoms with van der Waals surface area (Å²) >= 11 is 0. The number of hydrazone groups is 1. The first-order chi connectivity index (χ1) is 12.6. The first kappa shape index (κ1) is 19.8. The number of nitrogens with one attached hydrogen (secondary N) is 2. The number of hydrogen-bond acceptors (Lipinski definition) is 6. The van der Waals surface area contributed by atoms with Gasteiger partial charge >= 0.3 is 0 Å². The molecule has 1 aliphatic rings. The van der Waals surface area contributed by atoms with Gasteiger partial charge in [-0.15, -0.1) is 0 Å². The lowest BCUT2D eigenvalue weighted by Gasteiger charge is -2.27. The van der Waals surface area contributed by atoms with Gasteiger partial charge < -0.3 is 31.2 Å². The van der Waals surface area contributed by atoms with Crippen LogP contribution in [0.4, 0.5) is 14.6 Å². The van der Waals surface area contributed by atoms with Gasteiger partial charge in [-0.2, -0.15) is 10.1 Å². The highest BCUT2D eigenvalue weighted by Crippen LogP contribution is 2.25. The van der Waals surface area contributed by atoms with Crippen molar-refractivity contribution in [1.29, 1.82) is 0 Å². The van der Waals surface area contributed by atoms with Crippen LogP contribution in [0.5, 0.6) is 0 Å². The fraction of sp³-hybridized carbons (Fsp3) is 0.533. The van der Waals surface area contributed by atoms with Gasteiger partial charge in [-0.25, -0.2) is 13.8 Å². The molecule has 2 heterocycles. The number of nitrogens with two attached hydrogens (primary N) is 1. The molecule has 1 aromatic heterocycles. The number of aliphatic hydroxyl groups is 1. The monoisotopic (exact) mass is 371 g/mol. The molecule has 0 bridgehead atoms. The van der Waals surface area contributed by atoms with Crippen molar-refractivity contribution in [2.24, 2.45) is 15.8 Å². The maximum absolute atomic E-state index is 13.5. The van der Waals surface area contributed by atoms with Crippen LogP contribution in [0.1, 0.15) is 17.6 Å². The maximum Gasteiger partial charge on any atom is 0.264 e. The molecular formula is C15H23F2N7O2. The molecular weight excluding hydrogens is 348 g/mol. The smallest absolute Gasteiger partial charge is 0.264 e. The zero-order valence-electron chi connectivity index (χ0n) is 14.5. The molecule has 11 heteroatoms. The third-order valence-corrected chi connectivity index (χ3v) is 3.63. The van der Waals surface area contributed by atoms with E-state index in [0.717, 1.165) is 0 Å². The van der Waals surface area contributed by atoms with Gasteiger partial charge in [0.1, 0.15) is 5.82 Å². The van der Waals surface area contributed by atoms with E-state index in [1.807, 2.05) is 0 Å². The second kappa shape index (κ2) is 9.82. The van der Waals surface area contributed by atoms with E-state index >= 15 is 0 Å². The van der Waals surface area contributed by atoms with Crippen molar-refractivity contribution >= 4 is 17.6 Å². The SMILES string of the molecule is CNc1cc(C(F)F)c(/C(N=C(N)N2CCOCC2)=N/NCCO)cn1. The summed E-state index contributed by atoms with van der Waals surface area (Å²) in [5, 5.41) is 15.6. The summed E-state index contributed by atoms with van der Waals surface area (Å²) in [7, 11) is 1.59. The van der Waals surface area contributed by atoms with E-state index in [-0.39, 0.29) is 36.1 Å². The van der Waals surface area contributed by atoms with Crippen molar-refractivity contribution in [2.45, 2.75) is 6.43 Å². The van der Waals surface area contributed by atoms with Crippen LogP contribution >= 0.6 is 0 Å². The minimum atomic E-state index is -2.75. The van der Waals surface area contributed by atoms with Crippen molar-refractivity contribution in [3.05, 3.63) is 23.4 Å². The van der Waals surface area contributed by atoms with Gasteiger partial charge in [0.25, 0.3) is 6.43 Å². The lowest BCUT2D eigenvalue weighted by atomic mass is 10.1. The molecule has 5 N–H and O–H groups in total. The van der Waals surface area contributed by atoms with Crippen LogP contribution in [0.3, 0.4) is 0 Å². The van der Waals surface area contributed by atoms with E-state index < -0.39 is 6.43 Å². The zero-order valence-corrected chi connectivity index (χ0v) is 14.5. The number of halogens is 2. The van der Waals surface area contributed by atoms with E-state index in [9.17, 15) is 8.78 Å². The summed E-state index contributed by atoms with van der Waals surface area (Å²) < 4.78 is 32.3. The van der Waals surface area contributed by atoms with Gasteiger partial charge in [-0.3, -0.25) is 0 Å². The number of aliphatic imine (C=N–C) groups is 1. The molecule has 0 aromatic carbocycles. The molecule has 0 unspecified atom stereocenters. The van der Waals surface area contributed by atoms with E-state index in [4.69, 9.17) is 15.6 Å². The normalized spacial score (nSPS) is 16.1. The van der Waals surface area contributed by atoms with E-state index in [1.165, 1.54) is 12.3 Å². The molecule has 0 spiro atoms. The van der Waals surface area contributed by atoms with Crippen LogP contribution in [0.25, 0.3) is 0 Å². The zero-order chi connectivity index (χ0) is 18.9. The Morgan fingerprint density at radius 3 is 2.81 bits per heavy atom. The number of nitrogens with zero attached hydrogens (tertiary/aromatic N) is 4. The molecule has 144 valence electrons. The molecule has 0 atom stereocenters. The number of aliphatic hydroxyl groups excluding tert-OH is 1. The number of guanidine groups is 1. The Balaban J connectivity index is 2.39. The number of anilines is 1. The number of morpholine rings is 1. The van der Waals surface area contributed by atoms with Crippen molar-refractivity contribution in [2.75, 3.05) is 51.8 Å². The number of rotatable bonds is 6. The topological polar surface area (TPSA) is 120 Å². The van der Waals surface area contributed by atoms with Gasteiger partial charge in [-0.1, -0.05) is 0 Å². The third-order valence-electron chi connectivity index (χ3n) is 3.63. The minimum Gasteiger partial charge on any atom is -0.394 e. The summed E-state index contributed by atoms with van der Waals surface area (Å²) in [6, 6.07) is 1.24. The van der Waals surface area contributed by atoms with E-state index in [0.29, 0.717) is 32.1 Å². The summed E-state index contributed by atoms with van der Waals surface area (Å²) in [4.78, 5) is 10.1. The highest BCUT2D eigenvalue weighted by molar-refractivity contribution is 6.06. The summed E-state index contributed by atoms with van der Waals surface area (Å²) in [6.07, 6.45) is -1.48. The average Bonchev–Trinajstić information content (AvgIpc) is 2.67. The quantitative estimate of drug-likeness (QED) is 0.239. The largest absolute Gasteiger partial charge is 0.394 e. The third kappa shape index (κ3) is 5.23. The fourth-order valence-electron chi connectivity index (χ4n) is 2.27.